The highest BCUT2D eigenvalue weighted by atomic mass is 127. The molecule has 0 aliphatic heterocycles. The van der Waals surface area contributed by atoms with E-state index < -0.39 is 12.1 Å². The highest BCUT2D eigenvalue weighted by Crippen LogP contribution is 2.38. The maximum absolute atomic E-state index is 12.1. The molecule has 1 aromatic rings. The molecule has 1 rings (SSSR count). The highest BCUT2D eigenvalue weighted by Gasteiger charge is 2.33. The normalized spacial score (nSPS) is 11.1. The minimum absolute atomic E-state index is 0.00234. The average Bonchev–Trinajstić information content (AvgIpc) is 2.18. The van der Waals surface area contributed by atoms with E-state index in [0.717, 1.165) is 6.07 Å². The molecule has 0 fully saturated rings. The van der Waals surface area contributed by atoms with Crippen LogP contribution in [0.15, 0.2) is 12.1 Å². The Morgan fingerprint density at radius 1 is 1.00 bits per heavy atom. The van der Waals surface area contributed by atoms with Crippen LogP contribution in [0.2, 0.25) is 0 Å². The van der Waals surface area contributed by atoms with Gasteiger partial charge in [0.2, 0.25) is 0 Å². The van der Waals surface area contributed by atoms with Gasteiger partial charge in [-0.3, -0.25) is 0 Å². The lowest BCUT2D eigenvalue weighted by Crippen LogP contribution is -2.17. The van der Waals surface area contributed by atoms with Crippen molar-refractivity contribution >= 4 is 22.6 Å². The highest BCUT2D eigenvalue weighted by molar-refractivity contribution is 14.1. The third-order valence-corrected chi connectivity index (χ3v) is 2.51. The van der Waals surface area contributed by atoms with Crippen LogP contribution in [0, 0.1) is 3.57 Å². The maximum Gasteiger partial charge on any atom is 0.573 e. The zero-order chi connectivity index (χ0) is 12.3. The molecule has 16 heavy (non-hydrogen) atoms. The molecule has 90 valence electrons. The molecule has 0 aliphatic carbocycles. The summed E-state index contributed by atoms with van der Waals surface area (Å²) in [6.07, 6.45) is -4.76. The third kappa shape index (κ3) is 3.32. The van der Waals surface area contributed by atoms with Crippen molar-refractivity contribution in [2.45, 2.75) is 6.36 Å². The molecule has 0 saturated heterocycles. The second-order valence-corrected chi connectivity index (χ2v) is 3.85. The summed E-state index contributed by atoms with van der Waals surface area (Å²) in [4.78, 5) is 0. The molecule has 7 heteroatoms. The quantitative estimate of drug-likeness (QED) is 0.786. The standard InChI is InChI=1S/C9H8F3IO3/c1-14-6-4-8(16-9(10,11)12)7(15-2)3-5(6)13/h3-4H,1-2H3. The molecule has 0 spiro atoms. The smallest absolute Gasteiger partial charge is 0.496 e. The van der Waals surface area contributed by atoms with Gasteiger partial charge in [-0.05, 0) is 22.6 Å². The largest absolute Gasteiger partial charge is 0.573 e. The summed E-state index contributed by atoms with van der Waals surface area (Å²) in [6, 6.07) is 2.54. The number of rotatable bonds is 3. The Labute approximate surface area is 104 Å². The van der Waals surface area contributed by atoms with E-state index in [9.17, 15) is 13.2 Å². The first-order chi connectivity index (χ1) is 7.37. The summed E-state index contributed by atoms with van der Waals surface area (Å²) in [6.45, 7) is 0. The van der Waals surface area contributed by atoms with E-state index in [1.54, 1.807) is 0 Å². The van der Waals surface area contributed by atoms with Crippen LogP contribution in [-0.4, -0.2) is 20.6 Å². The number of alkyl halides is 3. The van der Waals surface area contributed by atoms with Crippen LogP contribution in [0.1, 0.15) is 0 Å². The lowest BCUT2D eigenvalue weighted by molar-refractivity contribution is -0.275. The fraction of sp³-hybridized carbons (Fsp3) is 0.333. The Balaban J connectivity index is 3.15. The van der Waals surface area contributed by atoms with E-state index in [2.05, 4.69) is 4.74 Å². The van der Waals surface area contributed by atoms with Gasteiger partial charge in [0.15, 0.2) is 11.5 Å². The van der Waals surface area contributed by atoms with E-state index in [-0.39, 0.29) is 5.75 Å². The van der Waals surface area contributed by atoms with Crippen molar-refractivity contribution in [3.8, 4) is 17.2 Å². The van der Waals surface area contributed by atoms with Crippen LogP contribution < -0.4 is 14.2 Å². The number of ether oxygens (including phenoxy) is 3. The predicted octanol–water partition coefficient (Wildman–Crippen LogP) is 3.21. The summed E-state index contributed by atoms with van der Waals surface area (Å²) in [7, 11) is 2.63. The molecule has 0 saturated carbocycles. The van der Waals surface area contributed by atoms with Crippen LogP contribution in [0.25, 0.3) is 0 Å². The molecular formula is C9H8F3IO3. The number of benzene rings is 1. The fourth-order valence-electron chi connectivity index (χ4n) is 1.04. The van der Waals surface area contributed by atoms with Crippen molar-refractivity contribution in [1.29, 1.82) is 0 Å². The van der Waals surface area contributed by atoms with E-state index in [0.29, 0.717) is 9.32 Å². The molecule has 1 aromatic carbocycles. The molecular weight excluding hydrogens is 340 g/mol. The number of methoxy groups -OCH3 is 2. The van der Waals surface area contributed by atoms with Gasteiger partial charge >= 0.3 is 6.36 Å². The molecule has 0 N–H and O–H groups in total. The Morgan fingerprint density at radius 2 is 1.56 bits per heavy atom. The van der Waals surface area contributed by atoms with E-state index in [1.165, 1.54) is 20.3 Å². The molecule has 0 bridgehead atoms. The first-order valence-corrected chi connectivity index (χ1v) is 5.12. The van der Waals surface area contributed by atoms with Gasteiger partial charge in [-0.2, -0.15) is 0 Å². The topological polar surface area (TPSA) is 27.7 Å². The van der Waals surface area contributed by atoms with Crippen molar-refractivity contribution < 1.29 is 27.4 Å². The molecule has 0 amide bonds. The number of halogens is 4. The van der Waals surface area contributed by atoms with Gasteiger partial charge in [-0.25, -0.2) is 0 Å². The Morgan fingerprint density at radius 3 is 2.00 bits per heavy atom. The predicted molar refractivity (Wildman–Crippen MR) is 58.9 cm³/mol. The van der Waals surface area contributed by atoms with Gasteiger partial charge in [0.1, 0.15) is 5.75 Å². The zero-order valence-electron chi connectivity index (χ0n) is 8.39. The monoisotopic (exact) mass is 348 g/mol. The van der Waals surface area contributed by atoms with Crippen LogP contribution in [0.5, 0.6) is 17.2 Å². The van der Waals surface area contributed by atoms with Crippen LogP contribution in [-0.2, 0) is 0 Å². The number of hydrogen-bond donors (Lipinski definition) is 0. The lowest BCUT2D eigenvalue weighted by atomic mass is 10.3. The summed E-state index contributed by atoms with van der Waals surface area (Å²) >= 11 is 1.92. The van der Waals surface area contributed by atoms with Crippen LogP contribution in [0.4, 0.5) is 13.2 Å². The maximum atomic E-state index is 12.1. The average molecular weight is 348 g/mol. The zero-order valence-corrected chi connectivity index (χ0v) is 10.5. The minimum atomic E-state index is -4.76. The molecule has 3 nitrogen and oxygen atoms in total. The first kappa shape index (κ1) is 13.2. The van der Waals surface area contributed by atoms with Gasteiger partial charge in [-0.15, -0.1) is 13.2 Å². The second-order valence-electron chi connectivity index (χ2n) is 2.69. The third-order valence-electron chi connectivity index (χ3n) is 1.66. The summed E-state index contributed by atoms with van der Waals surface area (Å²) in [5.41, 5.74) is 0. The summed E-state index contributed by atoms with van der Waals surface area (Å²) < 4.78 is 50.3. The fourth-order valence-corrected chi connectivity index (χ4v) is 1.70. The molecule has 0 radical (unpaired) electrons. The van der Waals surface area contributed by atoms with Crippen LogP contribution >= 0.6 is 22.6 Å². The minimum Gasteiger partial charge on any atom is -0.496 e. The Kier molecular flexibility index (Phi) is 4.11. The van der Waals surface area contributed by atoms with E-state index in [4.69, 9.17) is 9.47 Å². The Bertz CT molecular complexity index is 379. The van der Waals surface area contributed by atoms with Gasteiger partial charge in [0.05, 0.1) is 17.8 Å². The van der Waals surface area contributed by atoms with Crippen molar-refractivity contribution in [1.82, 2.24) is 0 Å². The first-order valence-electron chi connectivity index (χ1n) is 4.04. The number of hydrogen-bond acceptors (Lipinski definition) is 3. The van der Waals surface area contributed by atoms with Crippen molar-refractivity contribution in [3.63, 3.8) is 0 Å². The molecule has 0 aliphatic rings. The SMILES string of the molecule is COc1cc(OC(F)(F)F)c(OC)cc1I. The van der Waals surface area contributed by atoms with Crippen molar-refractivity contribution in [2.24, 2.45) is 0 Å². The molecule has 0 unspecified atom stereocenters. The molecule has 0 aromatic heterocycles. The van der Waals surface area contributed by atoms with E-state index >= 15 is 0 Å². The summed E-state index contributed by atoms with van der Waals surface area (Å²) in [5, 5.41) is 0. The lowest BCUT2D eigenvalue weighted by Gasteiger charge is -2.14. The van der Waals surface area contributed by atoms with E-state index in [1.807, 2.05) is 22.6 Å². The van der Waals surface area contributed by atoms with Crippen LogP contribution in [0.3, 0.4) is 0 Å². The van der Waals surface area contributed by atoms with Crippen molar-refractivity contribution in [2.75, 3.05) is 14.2 Å². The van der Waals surface area contributed by atoms with Gasteiger partial charge in [0.25, 0.3) is 0 Å². The van der Waals surface area contributed by atoms with Crippen molar-refractivity contribution in [3.05, 3.63) is 15.7 Å². The molecule has 0 heterocycles. The molecule has 0 atom stereocenters. The Hall–Kier alpha value is -0.860. The van der Waals surface area contributed by atoms with Gasteiger partial charge in [0, 0.05) is 12.1 Å². The second kappa shape index (κ2) is 4.98. The van der Waals surface area contributed by atoms with Gasteiger partial charge in [-0.1, -0.05) is 0 Å². The summed E-state index contributed by atoms with van der Waals surface area (Å²) in [5.74, 6) is -0.129. The van der Waals surface area contributed by atoms with Gasteiger partial charge < -0.3 is 14.2 Å².